The van der Waals surface area contributed by atoms with Crippen LogP contribution in [0.4, 0.5) is 80.0 Å². The number of amides is 4. The second kappa shape index (κ2) is 35.2. The number of benzene rings is 4. The number of alkyl halides is 12. The average Bonchev–Trinajstić information content (AvgIpc) is 1.54. The van der Waals surface area contributed by atoms with Crippen molar-refractivity contribution in [3.8, 4) is 22.7 Å². The lowest BCUT2D eigenvalue weighted by Gasteiger charge is -2.29. The first-order chi connectivity index (χ1) is 59.0. The van der Waals surface area contributed by atoms with Crippen molar-refractivity contribution in [3.63, 3.8) is 0 Å². The van der Waals surface area contributed by atoms with Crippen LogP contribution < -0.4 is 19.6 Å². The molecule has 25 nitrogen and oxygen atoms in total. The Morgan fingerprint density at radius 1 is 0.432 bits per heavy atom. The molecule has 5 aliphatic rings. The molecule has 0 radical (unpaired) electrons. The van der Waals surface area contributed by atoms with E-state index < -0.39 is 76.7 Å². The van der Waals surface area contributed by atoms with Crippen LogP contribution in [0.15, 0.2) is 134 Å². The molecule has 1 saturated carbocycles. The molecule has 4 aliphatic heterocycles. The van der Waals surface area contributed by atoms with Gasteiger partial charge >= 0.3 is 24.7 Å². The first-order valence-corrected chi connectivity index (χ1v) is 41.2. The van der Waals surface area contributed by atoms with Gasteiger partial charge in [0.15, 0.2) is 28.6 Å². The van der Waals surface area contributed by atoms with Crippen LogP contribution in [0.1, 0.15) is 190 Å². The van der Waals surface area contributed by atoms with Gasteiger partial charge in [-0.25, -0.2) is 38.1 Å². The maximum Gasteiger partial charge on any atom is 0.436 e. The zero-order chi connectivity index (χ0) is 90.1. The van der Waals surface area contributed by atoms with Crippen molar-refractivity contribution < 1.29 is 76.3 Å². The Labute approximate surface area is 725 Å². The van der Waals surface area contributed by atoms with Crippen molar-refractivity contribution in [2.24, 2.45) is 0 Å². The van der Waals surface area contributed by atoms with Crippen LogP contribution in [0.5, 0.6) is 0 Å². The molecule has 0 N–H and O–H groups in total. The van der Waals surface area contributed by atoms with Gasteiger partial charge in [-0.1, -0.05) is 92.7 Å². The van der Waals surface area contributed by atoms with E-state index in [1.807, 2.05) is 63.6 Å². The van der Waals surface area contributed by atoms with Gasteiger partial charge < -0.3 is 28.4 Å². The van der Waals surface area contributed by atoms with Crippen LogP contribution in [0, 0.1) is 33.5 Å². The predicted molar refractivity (Wildman–Crippen MR) is 438 cm³/mol. The lowest BCUT2D eigenvalue weighted by molar-refractivity contribution is -0.142. The highest BCUT2D eigenvalue weighted by Crippen LogP contribution is 2.47. The molecule has 4 aromatic carbocycles. The smallest absolute Gasteiger partial charge is 0.322 e. The molecule has 42 heteroatoms. The summed E-state index contributed by atoms with van der Waals surface area (Å²) >= 11 is 23.8. The van der Waals surface area contributed by atoms with E-state index in [4.69, 9.17) is 46.4 Å². The number of nitrogens with zero attached hydrogens (tertiary/aromatic N) is 21. The number of rotatable bonds is 16. The van der Waals surface area contributed by atoms with E-state index in [1.54, 1.807) is 96.9 Å². The van der Waals surface area contributed by atoms with Gasteiger partial charge in [-0.2, -0.15) is 73.1 Å². The first-order valence-electron chi connectivity index (χ1n) is 39.7. The van der Waals surface area contributed by atoms with Gasteiger partial charge in [-0.15, -0.1) is 5.10 Å². The maximum atomic E-state index is 13.3. The van der Waals surface area contributed by atoms with Gasteiger partial charge in [-0.05, 0) is 182 Å². The van der Waals surface area contributed by atoms with Crippen molar-refractivity contribution >= 4 is 92.9 Å². The highest BCUT2D eigenvalue weighted by molar-refractivity contribution is 6.32. The quantitative estimate of drug-likeness (QED) is 0.0819. The zero-order valence-corrected chi connectivity index (χ0v) is 71.2. The normalized spacial score (nSPS) is 17.8. The molecule has 660 valence electrons. The minimum absolute atomic E-state index is 0.0145. The van der Waals surface area contributed by atoms with Crippen molar-refractivity contribution in [2.75, 3.05) is 45.8 Å². The number of carbonyl (C=O) groups is 4. The number of halogens is 17. The molecular formula is C83H80Cl4F13N21O4. The fourth-order valence-electron chi connectivity index (χ4n) is 16.2. The zero-order valence-electron chi connectivity index (χ0n) is 68.2. The molecule has 4 saturated heterocycles. The number of aromatic nitrogens is 17. The van der Waals surface area contributed by atoms with Gasteiger partial charge in [-0.3, -0.25) is 28.8 Å². The summed E-state index contributed by atoms with van der Waals surface area (Å²) < 4.78 is 182. The van der Waals surface area contributed by atoms with Crippen molar-refractivity contribution in [1.82, 2.24) is 82.8 Å². The molecule has 17 rings (SSSR count). The van der Waals surface area contributed by atoms with Crippen molar-refractivity contribution in [1.29, 1.82) is 0 Å². The molecule has 12 heterocycles. The molecule has 125 heavy (non-hydrogen) atoms. The summed E-state index contributed by atoms with van der Waals surface area (Å²) in [6, 6.07) is 24.3. The summed E-state index contributed by atoms with van der Waals surface area (Å²) in [5.41, 5.74) is 4.17. The van der Waals surface area contributed by atoms with E-state index in [2.05, 4.69) is 45.7 Å². The highest BCUT2D eigenvalue weighted by atomic mass is 35.5. The number of imidazole rings is 3. The van der Waals surface area contributed by atoms with Gasteiger partial charge in [0.25, 0.3) is 11.8 Å². The third-order valence-electron chi connectivity index (χ3n) is 22.4. The SMILES string of the molecule is CCc1c(N2CCC(n3nc(C(F)(F)F)c(Cl)c3C)C2=O)cnn1-c1ccc(F)cc1.Cc1nc(C(F)(F)F)cn1C1CCN(c2cnn(-c3ccc(Cl)cc3)c2C2CCC2)C1=O.Cc1nc(C(F)(F)F)cn1[C@H]1CCN(c2cnn(-c3ccc(Cl)cc3)c2C(C)C)C1=O.Cc1nc(C(F)(F)F)cn1[C@H]1CCN(c2nnn(-c3ccc(Cl)cc3)c2C(C)C)C1=O. The third-order valence-corrected chi connectivity index (χ3v) is 23.6. The van der Waals surface area contributed by atoms with E-state index >= 15 is 0 Å². The lowest BCUT2D eigenvalue weighted by atomic mass is 9.82. The fraction of sp³-hybridized carbons (Fsp3) is 0.386. The fourth-order valence-corrected chi connectivity index (χ4v) is 16.8. The van der Waals surface area contributed by atoms with Crippen LogP contribution in [-0.4, -0.2) is 133 Å². The second-order valence-corrected chi connectivity index (χ2v) is 32.7. The summed E-state index contributed by atoms with van der Waals surface area (Å²) in [7, 11) is 0. The number of anilines is 4. The monoisotopic (exact) mass is 1820 g/mol. The highest BCUT2D eigenvalue weighted by Gasteiger charge is 2.47. The summed E-state index contributed by atoms with van der Waals surface area (Å²) in [4.78, 5) is 69.9. The number of carbonyl (C=O) groups excluding carboxylic acids is 4. The Balaban J connectivity index is 0.000000135. The topological polar surface area (TPSA) is 237 Å². The number of aryl methyl sites for hydroxylation is 3. The molecule has 2 unspecified atom stereocenters. The van der Waals surface area contributed by atoms with Crippen LogP contribution in [0.25, 0.3) is 22.7 Å². The molecule has 4 atom stereocenters. The largest absolute Gasteiger partial charge is 0.436 e. The third kappa shape index (κ3) is 18.0. The Morgan fingerprint density at radius 2 is 0.800 bits per heavy atom. The van der Waals surface area contributed by atoms with E-state index in [9.17, 15) is 76.3 Å². The van der Waals surface area contributed by atoms with Gasteiger partial charge in [0.05, 0.1) is 91.9 Å². The summed E-state index contributed by atoms with van der Waals surface area (Å²) in [6.07, 6.45) is -5.70. The van der Waals surface area contributed by atoms with Gasteiger partial charge in [0, 0.05) is 65.8 Å². The van der Waals surface area contributed by atoms with E-state index in [1.165, 1.54) is 69.5 Å². The van der Waals surface area contributed by atoms with Crippen LogP contribution in [0.2, 0.25) is 20.1 Å². The molecule has 1 aliphatic carbocycles. The molecular weight excluding hydrogens is 1740 g/mol. The molecule has 4 amide bonds. The van der Waals surface area contributed by atoms with Crippen LogP contribution in [-0.2, 0) is 50.3 Å². The molecule has 5 fully saturated rings. The summed E-state index contributed by atoms with van der Waals surface area (Å²) in [5, 5.41) is 26.8. The average molecular weight is 1820 g/mol. The van der Waals surface area contributed by atoms with Crippen molar-refractivity contribution in [2.45, 2.75) is 180 Å². The Kier molecular flexibility index (Phi) is 25.3. The molecule has 12 aromatic rings. The summed E-state index contributed by atoms with van der Waals surface area (Å²) in [6.45, 7) is 17.1. The van der Waals surface area contributed by atoms with E-state index in [-0.39, 0.29) is 76.8 Å². The molecule has 0 spiro atoms. The Bertz CT molecular complexity index is 5800. The maximum absolute atomic E-state index is 13.3. The van der Waals surface area contributed by atoms with Crippen LogP contribution in [0.3, 0.4) is 0 Å². The minimum atomic E-state index is -4.71. The van der Waals surface area contributed by atoms with Crippen LogP contribution >= 0.6 is 46.4 Å². The Hall–Kier alpha value is -11.4. The molecule has 8 aromatic heterocycles. The van der Waals surface area contributed by atoms with Gasteiger partial charge in [0.1, 0.15) is 47.5 Å². The predicted octanol–water partition coefficient (Wildman–Crippen LogP) is 19.7. The molecule has 0 bridgehead atoms. The first kappa shape index (κ1) is 89.9. The minimum Gasteiger partial charge on any atom is -0.322 e. The standard InChI is InChI=1S/C22H21ClF3N5O.C21H21ClF3N5O.C20H18ClF4N5O.C20H20ClF3N6O/c1-13-28-19(22(24,25)26)12-30(13)17-9-10-29(21(17)32)18-11-27-31(20(18)14-3-2-4-14)16-7-5-15(23)6-8-16;1-12(2)19-17(10-26-30(19)15-6-4-14(22)5-7-15)28-9-8-16(20(28)31)29-11-18(21(23,24)25)27-13(29)3;1-3-14-16(10-26-30(14)13-6-4-12(22)5-7-13)28-9-8-15(19(28)31)29-11(2)17(21)18(27-29)20(23,24)25;1-11(2)17-18(26-27-30(17)14-6-4-13(21)5-7-14)28-9-8-15(19(28)31)29-10-16(20(22,23)24)25-12(29)3/h5-8,11-12,14,17H,2-4,9-10H2,1H3;4-7,10-12,16H,8-9H2,1-3H3;4-7,10,15H,3,8-9H2,1-2H3;4-7,10-11,15H,8-9H2,1-3H3/t;16-;;15-/m.0.0/s1. The van der Waals surface area contributed by atoms with Crippen molar-refractivity contribution in [3.05, 3.63) is 229 Å². The second-order valence-electron chi connectivity index (χ2n) is 31.1. The van der Waals surface area contributed by atoms with E-state index in [0.29, 0.717) is 89.8 Å². The summed E-state index contributed by atoms with van der Waals surface area (Å²) in [5.74, 6) is -0.410. The number of hydrogen-bond donors (Lipinski definition) is 0. The van der Waals surface area contributed by atoms with Gasteiger partial charge in [0.2, 0.25) is 11.8 Å². The Morgan fingerprint density at radius 3 is 1.22 bits per heavy atom. The number of hydrogen-bond acceptors (Lipinski definition) is 13. The van der Waals surface area contributed by atoms with E-state index in [0.717, 1.165) is 88.1 Å². The lowest BCUT2D eigenvalue weighted by Crippen LogP contribution is -2.30.